The van der Waals surface area contributed by atoms with Crippen LogP contribution in [0, 0.1) is 0 Å². The van der Waals surface area contributed by atoms with E-state index in [4.69, 9.17) is 10.2 Å². The number of para-hydroxylation sites is 1. The summed E-state index contributed by atoms with van der Waals surface area (Å²) in [7, 11) is 0. The fourth-order valence-corrected chi connectivity index (χ4v) is 2.04. The molecule has 104 valence electrons. The lowest BCUT2D eigenvalue weighted by Gasteiger charge is -2.04. The summed E-state index contributed by atoms with van der Waals surface area (Å²) >= 11 is 0. The van der Waals surface area contributed by atoms with Gasteiger partial charge in [0.05, 0.1) is 0 Å². The zero-order valence-electron chi connectivity index (χ0n) is 11.0. The van der Waals surface area contributed by atoms with Crippen LogP contribution < -0.4 is 11.1 Å². The Hall–Kier alpha value is -3.08. The van der Waals surface area contributed by atoms with Gasteiger partial charge in [-0.25, -0.2) is 0 Å². The van der Waals surface area contributed by atoms with Crippen LogP contribution in [-0.4, -0.2) is 11.8 Å². The fraction of sp³-hybridized carbons (Fsp3) is 0. The first-order valence-electron chi connectivity index (χ1n) is 6.33. The van der Waals surface area contributed by atoms with E-state index in [0.29, 0.717) is 16.8 Å². The number of anilines is 1. The fourth-order valence-electron chi connectivity index (χ4n) is 2.04. The van der Waals surface area contributed by atoms with Gasteiger partial charge >= 0.3 is 0 Å². The van der Waals surface area contributed by atoms with Gasteiger partial charge in [-0.2, -0.15) is 0 Å². The molecule has 0 aliphatic heterocycles. The summed E-state index contributed by atoms with van der Waals surface area (Å²) in [6.45, 7) is 0. The summed E-state index contributed by atoms with van der Waals surface area (Å²) < 4.78 is 5.48. The van der Waals surface area contributed by atoms with Crippen LogP contribution in [-0.2, 0) is 0 Å². The molecule has 2 aromatic carbocycles. The Morgan fingerprint density at radius 1 is 1.00 bits per heavy atom. The van der Waals surface area contributed by atoms with Crippen molar-refractivity contribution in [2.45, 2.75) is 0 Å². The van der Waals surface area contributed by atoms with E-state index < -0.39 is 5.91 Å². The minimum absolute atomic E-state index is 0.209. The Labute approximate surface area is 120 Å². The second kappa shape index (κ2) is 5.13. The van der Waals surface area contributed by atoms with E-state index in [2.05, 4.69) is 5.32 Å². The van der Waals surface area contributed by atoms with Crippen LogP contribution in [0.3, 0.4) is 0 Å². The lowest BCUT2D eigenvalue weighted by atomic mass is 10.2. The van der Waals surface area contributed by atoms with E-state index in [1.165, 1.54) is 6.07 Å². The third-order valence-corrected chi connectivity index (χ3v) is 3.05. The molecule has 21 heavy (non-hydrogen) atoms. The number of primary amides is 1. The smallest absolute Gasteiger partial charge is 0.291 e. The first kappa shape index (κ1) is 12.9. The summed E-state index contributed by atoms with van der Waals surface area (Å²) in [5.41, 5.74) is 6.67. The Bertz CT molecular complexity index is 803. The molecule has 0 spiro atoms. The molecule has 0 aliphatic carbocycles. The number of nitrogens with two attached hydrogens (primary N) is 1. The Balaban J connectivity index is 1.85. The minimum atomic E-state index is -0.546. The topological polar surface area (TPSA) is 85.3 Å². The van der Waals surface area contributed by atoms with Crippen molar-refractivity contribution in [2.75, 3.05) is 5.32 Å². The monoisotopic (exact) mass is 280 g/mol. The Morgan fingerprint density at radius 2 is 1.81 bits per heavy atom. The van der Waals surface area contributed by atoms with Gasteiger partial charge in [-0.15, -0.1) is 0 Å². The molecule has 0 saturated heterocycles. The highest BCUT2D eigenvalue weighted by Gasteiger charge is 2.12. The van der Waals surface area contributed by atoms with Gasteiger partial charge in [0, 0.05) is 16.6 Å². The van der Waals surface area contributed by atoms with Crippen LogP contribution >= 0.6 is 0 Å². The molecule has 3 aromatic rings. The lowest BCUT2D eigenvalue weighted by molar-refractivity contribution is 0.0989. The maximum atomic E-state index is 12.1. The molecular formula is C16H12N2O3. The van der Waals surface area contributed by atoms with Gasteiger partial charge in [0.2, 0.25) is 5.91 Å². The van der Waals surface area contributed by atoms with Gasteiger partial charge in [-0.1, -0.05) is 24.3 Å². The number of furan rings is 1. The normalized spacial score (nSPS) is 10.5. The van der Waals surface area contributed by atoms with Crippen LogP contribution in [0.4, 0.5) is 5.69 Å². The molecule has 2 amide bonds. The molecule has 0 saturated carbocycles. The zero-order chi connectivity index (χ0) is 14.8. The van der Waals surface area contributed by atoms with E-state index in [1.807, 2.05) is 18.2 Å². The van der Waals surface area contributed by atoms with Crippen molar-refractivity contribution in [3.63, 3.8) is 0 Å². The zero-order valence-corrected chi connectivity index (χ0v) is 11.0. The van der Waals surface area contributed by atoms with Gasteiger partial charge in [0.1, 0.15) is 5.58 Å². The van der Waals surface area contributed by atoms with E-state index in [1.54, 1.807) is 30.3 Å². The van der Waals surface area contributed by atoms with Gasteiger partial charge in [0.15, 0.2) is 5.76 Å². The molecule has 0 fully saturated rings. The molecule has 0 atom stereocenters. The highest BCUT2D eigenvalue weighted by molar-refractivity contribution is 6.05. The first-order valence-corrected chi connectivity index (χ1v) is 6.33. The molecule has 0 aliphatic rings. The minimum Gasteiger partial charge on any atom is -0.451 e. The number of benzene rings is 2. The standard InChI is InChI=1S/C16H12N2O3/c17-15(19)11-5-3-6-12(8-11)18-16(20)14-9-10-4-1-2-7-13(10)21-14/h1-9H,(H2,17,19)(H,18,20). The number of fused-ring (bicyclic) bond motifs is 1. The second-order valence-corrected chi connectivity index (χ2v) is 4.55. The molecule has 0 bridgehead atoms. The van der Waals surface area contributed by atoms with E-state index in [0.717, 1.165) is 5.39 Å². The van der Waals surface area contributed by atoms with Crippen molar-refractivity contribution in [1.82, 2.24) is 0 Å². The quantitative estimate of drug-likeness (QED) is 0.773. The average molecular weight is 280 g/mol. The third-order valence-electron chi connectivity index (χ3n) is 3.05. The van der Waals surface area contributed by atoms with Crippen molar-refractivity contribution in [3.05, 3.63) is 65.9 Å². The largest absolute Gasteiger partial charge is 0.451 e. The predicted octanol–water partition coefficient (Wildman–Crippen LogP) is 2.78. The molecule has 1 heterocycles. The Kier molecular flexibility index (Phi) is 3.16. The van der Waals surface area contributed by atoms with Gasteiger partial charge in [0.25, 0.3) is 5.91 Å². The van der Waals surface area contributed by atoms with Gasteiger partial charge < -0.3 is 15.5 Å². The van der Waals surface area contributed by atoms with Crippen LogP contribution in [0.15, 0.2) is 59.0 Å². The van der Waals surface area contributed by atoms with Crippen molar-refractivity contribution < 1.29 is 14.0 Å². The number of carbonyl (C=O) groups is 2. The SMILES string of the molecule is NC(=O)c1cccc(NC(=O)c2cc3ccccc3o2)c1. The van der Waals surface area contributed by atoms with Crippen molar-refractivity contribution in [3.8, 4) is 0 Å². The molecule has 5 nitrogen and oxygen atoms in total. The summed E-state index contributed by atoms with van der Waals surface area (Å²) in [6, 6.07) is 15.5. The number of carbonyl (C=O) groups excluding carboxylic acids is 2. The maximum absolute atomic E-state index is 12.1. The van der Waals surface area contributed by atoms with E-state index >= 15 is 0 Å². The molecule has 1 aromatic heterocycles. The van der Waals surface area contributed by atoms with Crippen LogP contribution in [0.25, 0.3) is 11.0 Å². The maximum Gasteiger partial charge on any atom is 0.291 e. The summed E-state index contributed by atoms with van der Waals surface area (Å²) in [5.74, 6) is -0.719. The van der Waals surface area contributed by atoms with E-state index in [-0.39, 0.29) is 11.7 Å². The molecule has 3 N–H and O–H groups in total. The number of amides is 2. The number of hydrogen-bond acceptors (Lipinski definition) is 3. The van der Waals surface area contributed by atoms with E-state index in [9.17, 15) is 9.59 Å². The number of hydrogen-bond donors (Lipinski definition) is 2. The summed E-state index contributed by atoms with van der Waals surface area (Å²) in [6.07, 6.45) is 0. The third kappa shape index (κ3) is 2.62. The van der Waals surface area contributed by atoms with Gasteiger partial charge in [-0.3, -0.25) is 9.59 Å². The summed E-state index contributed by atoms with van der Waals surface area (Å²) in [4.78, 5) is 23.3. The predicted molar refractivity (Wildman–Crippen MR) is 79.1 cm³/mol. The molecule has 0 unspecified atom stereocenters. The van der Waals surface area contributed by atoms with Crippen molar-refractivity contribution in [1.29, 1.82) is 0 Å². The van der Waals surface area contributed by atoms with Crippen LogP contribution in [0.2, 0.25) is 0 Å². The van der Waals surface area contributed by atoms with Crippen molar-refractivity contribution in [2.24, 2.45) is 5.73 Å². The van der Waals surface area contributed by atoms with Crippen LogP contribution in [0.5, 0.6) is 0 Å². The Morgan fingerprint density at radius 3 is 2.57 bits per heavy atom. The second-order valence-electron chi connectivity index (χ2n) is 4.55. The summed E-state index contributed by atoms with van der Waals surface area (Å²) in [5, 5.41) is 3.53. The first-order chi connectivity index (χ1) is 10.1. The molecule has 3 rings (SSSR count). The lowest BCUT2D eigenvalue weighted by Crippen LogP contribution is -2.13. The molecular weight excluding hydrogens is 268 g/mol. The molecule has 5 heteroatoms. The highest BCUT2D eigenvalue weighted by Crippen LogP contribution is 2.20. The number of rotatable bonds is 3. The molecule has 0 radical (unpaired) electrons. The average Bonchev–Trinajstić information content (AvgIpc) is 2.91. The van der Waals surface area contributed by atoms with Gasteiger partial charge in [-0.05, 0) is 30.3 Å². The highest BCUT2D eigenvalue weighted by atomic mass is 16.3. The van der Waals surface area contributed by atoms with Crippen LogP contribution in [0.1, 0.15) is 20.9 Å². The van der Waals surface area contributed by atoms with Crippen molar-refractivity contribution >= 4 is 28.5 Å². The number of nitrogens with one attached hydrogen (secondary N) is 1.